The van der Waals surface area contributed by atoms with Crippen LogP contribution in [0.3, 0.4) is 0 Å². The highest BCUT2D eigenvalue weighted by atomic mass is 16.5. The fourth-order valence-corrected chi connectivity index (χ4v) is 2.92. The molecule has 1 atom stereocenters. The smallest absolute Gasteiger partial charge is 0.119 e. The predicted molar refractivity (Wildman–Crippen MR) is 78.7 cm³/mol. The second-order valence-corrected chi connectivity index (χ2v) is 5.41. The van der Waals surface area contributed by atoms with E-state index >= 15 is 0 Å². The van der Waals surface area contributed by atoms with Crippen LogP contribution in [0.5, 0.6) is 5.75 Å². The zero-order valence-electron chi connectivity index (χ0n) is 12.1. The summed E-state index contributed by atoms with van der Waals surface area (Å²) < 4.78 is 7.20. The third-order valence-corrected chi connectivity index (χ3v) is 3.98. The summed E-state index contributed by atoms with van der Waals surface area (Å²) in [5, 5.41) is 7.86. The van der Waals surface area contributed by atoms with Gasteiger partial charge in [-0.05, 0) is 42.5 Å². The van der Waals surface area contributed by atoms with Crippen molar-refractivity contribution >= 4 is 0 Å². The number of aryl methyl sites for hydroxylation is 2. The molecule has 0 saturated carbocycles. The molecule has 4 heteroatoms. The van der Waals surface area contributed by atoms with Crippen molar-refractivity contribution in [1.29, 1.82) is 0 Å². The molecule has 106 valence electrons. The number of rotatable bonds is 4. The molecule has 0 fully saturated rings. The average Bonchev–Trinajstić information content (AvgIpc) is 2.90. The molecular weight excluding hydrogens is 250 g/mol. The van der Waals surface area contributed by atoms with Crippen molar-refractivity contribution in [3.63, 3.8) is 0 Å². The molecular formula is C16H21N3O. The molecule has 1 N–H and O–H groups in total. The monoisotopic (exact) mass is 271 g/mol. The minimum Gasteiger partial charge on any atom is -0.497 e. The lowest BCUT2D eigenvalue weighted by Crippen LogP contribution is -2.24. The van der Waals surface area contributed by atoms with Crippen molar-refractivity contribution in [2.75, 3.05) is 7.11 Å². The van der Waals surface area contributed by atoms with Crippen LogP contribution in [0, 0.1) is 0 Å². The molecule has 0 spiro atoms. The Hall–Kier alpha value is -1.81. The van der Waals surface area contributed by atoms with E-state index in [0.29, 0.717) is 6.04 Å². The second kappa shape index (κ2) is 5.67. The van der Waals surface area contributed by atoms with Crippen LogP contribution in [0.1, 0.15) is 35.6 Å². The van der Waals surface area contributed by atoms with Gasteiger partial charge in [-0.25, -0.2) is 0 Å². The van der Waals surface area contributed by atoms with Crippen LogP contribution in [0.4, 0.5) is 0 Å². The molecule has 4 nitrogen and oxygen atoms in total. The quantitative estimate of drug-likeness (QED) is 0.929. The van der Waals surface area contributed by atoms with E-state index in [4.69, 9.17) is 4.74 Å². The Balaban J connectivity index is 1.75. The summed E-state index contributed by atoms with van der Waals surface area (Å²) in [6.07, 6.45) is 7.57. The normalized spacial score (nSPS) is 17.8. The number of hydrogen-bond acceptors (Lipinski definition) is 3. The lowest BCUT2D eigenvalue weighted by atomic mass is 9.87. The second-order valence-electron chi connectivity index (χ2n) is 5.41. The van der Waals surface area contributed by atoms with E-state index < -0.39 is 0 Å². The number of aromatic nitrogens is 2. The first-order chi connectivity index (χ1) is 9.76. The molecule has 0 amide bonds. The van der Waals surface area contributed by atoms with Gasteiger partial charge < -0.3 is 10.1 Å². The summed E-state index contributed by atoms with van der Waals surface area (Å²) in [6, 6.07) is 6.85. The number of ether oxygens (including phenoxy) is 1. The molecule has 0 bridgehead atoms. The number of methoxy groups -OCH3 is 1. The summed E-state index contributed by atoms with van der Waals surface area (Å²) in [4.78, 5) is 0. The number of nitrogens with one attached hydrogen (secondary N) is 1. The first kappa shape index (κ1) is 13.2. The molecule has 1 heterocycles. The van der Waals surface area contributed by atoms with Crippen molar-refractivity contribution in [1.82, 2.24) is 15.1 Å². The topological polar surface area (TPSA) is 39.1 Å². The van der Waals surface area contributed by atoms with Crippen molar-refractivity contribution in [3.05, 3.63) is 47.3 Å². The molecule has 0 saturated heterocycles. The molecule has 1 aliphatic carbocycles. The van der Waals surface area contributed by atoms with Gasteiger partial charge in [0.1, 0.15) is 5.75 Å². The highest BCUT2D eigenvalue weighted by molar-refractivity contribution is 5.39. The molecule has 1 unspecified atom stereocenters. The Morgan fingerprint density at radius 1 is 1.45 bits per heavy atom. The van der Waals surface area contributed by atoms with Crippen LogP contribution in [-0.2, 0) is 20.0 Å². The molecule has 0 aliphatic heterocycles. The van der Waals surface area contributed by atoms with E-state index in [1.807, 2.05) is 17.9 Å². The van der Waals surface area contributed by atoms with E-state index in [0.717, 1.165) is 12.3 Å². The van der Waals surface area contributed by atoms with Crippen molar-refractivity contribution in [3.8, 4) is 5.75 Å². The van der Waals surface area contributed by atoms with E-state index in [9.17, 15) is 0 Å². The van der Waals surface area contributed by atoms with Gasteiger partial charge in [0.15, 0.2) is 0 Å². The zero-order valence-corrected chi connectivity index (χ0v) is 12.1. The largest absolute Gasteiger partial charge is 0.497 e. The summed E-state index contributed by atoms with van der Waals surface area (Å²) in [7, 11) is 3.67. The minimum atomic E-state index is 0.411. The Bertz CT molecular complexity index is 591. The molecule has 1 aromatic carbocycles. The predicted octanol–water partition coefficient (Wildman–Crippen LogP) is 2.60. The van der Waals surface area contributed by atoms with Crippen LogP contribution in [0.15, 0.2) is 30.6 Å². The Kier molecular flexibility index (Phi) is 3.74. The van der Waals surface area contributed by atoms with E-state index in [1.54, 1.807) is 7.11 Å². The lowest BCUT2D eigenvalue weighted by Gasteiger charge is -2.27. The van der Waals surface area contributed by atoms with Crippen LogP contribution in [-0.4, -0.2) is 16.9 Å². The van der Waals surface area contributed by atoms with Crippen LogP contribution in [0.25, 0.3) is 0 Å². The van der Waals surface area contributed by atoms with Gasteiger partial charge in [0.2, 0.25) is 0 Å². The van der Waals surface area contributed by atoms with Crippen molar-refractivity contribution < 1.29 is 4.74 Å². The van der Waals surface area contributed by atoms with Crippen LogP contribution < -0.4 is 10.1 Å². The van der Waals surface area contributed by atoms with Gasteiger partial charge in [-0.2, -0.15) is 5.10 Å². The average molecular weight is 271 g/mol. The maximum Gasteiger partial charge on any atom is 0.119 e. The first-order valence-corrected chi connectivity index (χ1v) is 7.14. The molecule has 1 aliphatic rings. The minimum absolute atomic E-state index is 0.411. The number of fused-ring (bicyclic) bond motifs is 1. The van der Waals surface area contributed by atoms with Crippen LogP contribution >= 0.6 is 0 Å². The molecule has 3 rings (SSSR count). The summed E-state index contributed by atoms with van der Waals surface area (Å²) >= 11 is 0. The fourth-order valence-electron chi connectivity index (χ4n) is 2.92. The maximum absolute atomic E-state index is 5.35. The number of nitrogens with zero attached hydrogens (tertiary/aromatic N) is 2. The van der Waals surface area contributed by atoms with E-state index in [2.05, 4.69) is 34.8 Å². The maximum atomic E-state index is 5.35. The fraction of sp³-hybridized carbons (Fsp3) is 0.438. The van der Waals surface area contributed by atoms with Gasteiger partial charge in [0.25, 0.3) is 0 Å². The summed E-state index contributed by atoms with van der Waals surface area (Å²) in [6.45, 7) is 0.856. The van der Waals surface area contributed by atoms with Gasteiger partial charge in [0.05, 0.1) is 13.3 Å². The van der Waals surface area contributed by atoms with Crippen LogP contribution in [0.2, 0.25) is 0 Å². The van der Waals surface area contributed by atoms with Gasteiger partial charge in [-0.3, -0.25) is 4.68 Å². The lowest BCUT2D eigenvalue weighted by molar-refractivity contribution is 0.408. The van der Waals surface area contributed by atoms with Crippen molar-refractivity contribution in [2.45, 2.75) is 31.8 Å². The highest BCUT2D eigenvalue weighted by Crippen LogP contribution is 2.32. The Morgan fingerprint density at radius 3 is 3.10 bits per heavy atom. The third kappa shape index (κ3) is 2.70. The highest BCUT2D eigenvalue weighted by Gasteiger charge is 2.20. The standard InChI is InChI=1S/C16H21N3O/c1-19-11-12(10-18-19)9-17-16-5-3-4-13-6-7-14(20-2)8-15(13)16/h6-8,10-11,16-17H,3-5,9H2,1-2H3. The van der Waals surface area contributed by atoms with Gasteiger partial charge in [-0.1, -0.05) is 6.07 Å². The van der Waals surface area contributed by atoms with Gasteiger partial charge in [0, 0.05) is 31.4 Å². The molecule has 20 heavy (non-hydrogen) atoms. The Morgan fingerprint density at radius 2 is 2.35 bits per heavy atom. The Labute approximate surface area is 119 Å². The third-order valence-electron chi connectivity index (χ3n) is 3.98. The summed E-state index contributed by atoms with van der Waals surface area (Å²) in [5.41, 5.74) is 4.06. The number of benzene rings is 1. The zero-order chi connectivity index (χ0) is 13.9. The SMILES string of the molecule is COc1ccc2c(c1)C(NCc1cnn(C)c1)CCC2. The van der Waals surface area contributed by atoms with Gasteiger partial charge in [-0.15, -0.1) is 0 Å². The number of hydrogen-bond donors (Lipinski definition) is 1. The molecule has 2 aromatic rings. The molecule has 1 aromatic heterocycles. The van der Waals surface area contributed by atoms with E-state index in [1.165, 1.54) is 36.0 Å². The van der Waals surface area contributed by atoms with Gasteiger partial charge >= 0.3 is 0 Å². The van der Waals surface area contributed by atoms with Crippen molar-refractivity contribution in [2.24, 2.45) is 7.05 Å². The molecule has 0 radical (unpaired) electrons. The van der Waals surface area contributed by atoms with E-state index in [-0.39, 0.29) is 0 Å². The first-order valence-electron chi connectivity index (χ1n) is 7.14. The summed E-state index contributed by atoms with van der Waals surface area (Å²) in [5.74, 6) is 0.943.